The number of anilines is 1. The number of nitrogens with one attached hydrogen (secondary N) is 1. The molecule has 0 saturated carbocycles. The van der Waals surface area contributed by atoms with Crippen LogP contribution in [0.4, 0.5) is 5.69 Å². The molecule has 0 spiro atoms. The van der Waals surface area contributed by atoms with Crippen LogP contribution in [0.15, 0.2) is 42.5 Å². The molecule has 0 radical (unpaired) electrons. The zero-order valence-corrected chi connectivity index (χ0v) is 10.7. The lowest BCUT2D eigenvalue weighted by Crippen LogP contribution is -2.12. The fraction of sp³-hybridized carbons (Fsp3) is 0.0714. The standard InChI is InChI=1S/C14H12ClNO3/c15-8-10-3-1-2-4-11(10)16-14(19)9-5-6-12(17)13(18)7-9/h1-7,17-18H,8H2,(H,16,19). The highest BCUT2D eigenvalue weighted by Crippen LogP contribution is 2.25. The molecule has 3 N–H and O–H groups in total. The number of phenols is 2. The number of para-hydroxylation sites is 1. The molecular weight excluding hydrogens is 266 g/mol. The van der Waals surface area contributed by atoms with Gasteiger partial charge in [0.2, 0.25) is 0 Å². The van der Waals surface area contributed by atoms with E-state index in [9.17, 15) is 15.0 Å². The van der Waals surface area contributed by atoms with Gasteiger partial charge in [-0.3, -0.25) is 4.79 Å². The molecule has 0 unspecified atom stereocenters. The number of carbonyl (C=O) groups excluding carboxylic acids is 1. The molecule has 0 aliphatic carbocycles. The van der Waals surface area contributed by atoms with Crippen molar-refractivity contribution in [1.29, 1.82) is 0 Å². The van der Waals surface area contributed by atoms with Gasteiger partial charge in [-0.2, -0.15) is 0 Å². The molecule has 0 atom stereocenters. The molecule has 0 saturated heterocycles. The molecule has 1 amide bonds. The molecule has 0 aliphatic heterocycles. The van der Waals surface area contributed by atoms with E-state index in [4.69, 9.17) is 11.6 Å². The van der Waals surface area contributed by atoms with Crippen molar-refractivity contribution >= 4 is 23.2 Å². The number of benzene rings is 2. The highest BCUT2D eigenvalue weighted by atomic mass is 35.5. The van der Waals surface area contributed by atoms with E-state index in [0.717, 1.165) is 5.56 Å². The third-order valence-electron chi connectivity index (χ3n) is 2.65. The van der Waals surface area contributed by atoms with Gasteiger partial charge in [0.15, 0.2) is 11.5 Å². The predicted molar refractivity (Wildman–Crippen MR) is 73.7 cm³/mol. The first-order chi connectivity index (χ1) is 9.11. The Labute approximate surface area is 115 Å². The molecule has 0 heterocycles. The van der Waals surface area contributed by atoms with E-state index in [1.807, 2.05) is 12.1 Å². The van der Waals surface area contributed by atoms with Crippen molar-refractivity contribution in [3.8, 4) is 11.5 Å². The van der Waals surface area contributed by atoms with Gasteiger partial charge in [0.1, 0.15) is 0 Å². The SMILES string of the molecule is O=C(Nc1ccccc1CCl)c1ccc(O)c(O)c1. The minimum Gasteiger partial charge on any atom is -0.504 e. The minimum absolute atomic E-state index is 0.250. The van der Waals surface area contributed by atoms with Crippen LogP contribution in [-0.4, -0.2) is 16.1 Å². The summed E-state index contributed by atoms with van der Waals surface area (Å²) in [5, 5.41) is 21.3. The number of amides is 1. The highest BCUT2D eigenvalue weighted by molar-refractivity contribution is 6.17. The molecular formula is C14H12ClNO3. The first kappa shape index (κ1) is 13.2. The van der Waals surface area contributed by atoms with Gasteiger partial charge in [-0.15, -0.1) is 11.6 Å². The average Bonchev–Trinajstić information content (AvgIpc) is 2.42. The molecule has 5 heteroatoms. The molecule has 2 rings (SSSR count). The van der Waals surface area contributed by atoms with Gasteiger partial charge in [-0.05, 0) is 29.8 Å². The summed E-state index contributed by atoms with van der Waals surface area (Å²) in [6.45, 7) is 0. The number of aromatic hydroxyl groups is 2. The van der Waals surface area contributed by atoms with Crippen LogP contribution in [0.1, 0.15) is 15.9 Å². The van der Waals surface area contributed by atoms with Crippen LogP contribution < -0.4 is 5.32 Å². The average molecular weight is 278 g/mol. The van der Waals surface area contributed by atoms with Gasteiger partial charge >= 0.3 is 0 Å². The molecule has 19 heavy (non-hydrogen) atoms. The minimum atomic E-state index is -0.382. The fourth-order valence-corrected chi connectivity index (χ4v) is 1.85. The summed E-state index contributed by atoms with van der Waals surface area (Å²) >= 11 is 5.78. The molecule has 2 aromatic carbocycles. The van der Waals surface area contributed by atoms with Crippen LogP contribution in [0.3, 0.4) is 0 Å². The maximum atomic E-state index is 12.0. The summed E-state index contributed by atoms with van der Waals surface area (Å²) in [6.07, 6.45) is 0. The highest BCUT2D eigenvalue weighted by Gasteiger charge is 2.10. The lowest BCUT2D eigenvalue weighted by molar-refractivity contribution is 0.102. The van der Waals surface area contributed by atoms with Gasteiger partial charge in [0.05, 0.1) is 0 Å². The number of halogens is 1. The van der Waals surface area contributed by atoms with Gasteiger partial charge in [-0.1, -0.05) is 18.2 Å². The van der Waals surface area contributed by atoms with E-state index in [0.29, 0.717) is 5.69 Å². The van der Waals surface area contributed by atoms with Crippen LogP contribution in [0.2, 0.25) is 0 Å². The maximum absolute atomic E-state index is 12.0. The van der Waals surface area contributed by atoms with E-state index in [1.54, 1.807) is 12.1 Å². The fourth-order valence-electron chi connectivity index (χ4n) is 1.62. The molecule has 0 bridgehead atoms. The number of rotatable bonds is 3. The molecule has 0 aromatic heterocycles. The Balaban J connectivity index is 2.23. The third kappa shape index (κ3) is 2.98. The maximum Gasteiger partial charge on any atom is 0.255 e. The van der Waals surface area contributed by atoms with Crippen molar-refractivity contribution in [3.05, 3.63) is 53.6 Å². The molecule has 0 fully saturated rings. The Kier molecular flexibility index (Phi) is 3.92. The number of hydrogen-bond acceptors (Lipinski definition) is 3. The number of carbonyl (C=O) groups is 1. The van der Waals surface area contributed by atoms with E-state index >= 15 is 0 Å². The van der Waals surface area contributed by atoms with Gasteiger partial charge in [-0.25, -0.2) is 0 Å². The molecule has 98 valence electrons. The van der Waals surface area contributed by atoms with E-state index in [1.165, 1.54) is 18.2 Å². The third-order valence-corrected chi connectivity index (χ3v) is 2.94. The molecule has 4 nitrogen and oxygen atoms in total. The Morgan fingerprint density at radius 1 is 1.11 bits per heavy atom. The Hall–Kier alpha value is -2.20. The Morgan fingerprint density at radius 3 is 2.53 bits per heavy atom. The Bertz CT molecular complexity index is 613. The zero-order valence-electron chi connectivity index (χ0n) is 9.93. The van der Waals surface area contributed by atoms with Crippen molar-refractivity contribution in [2.24, 2.45) is 0 Å². The summed E-state index contributed by atoms with van der Waals surface area (Å²) in [7, 11) is 0. The lowest BCUT2D eigenvalue weighted by atomic mass is 10.1. The number of hydrogen-bond donors (Lipinski definition) is 3. The quantitative estimate of drug-likeness (QED) is 0.596. The summed E-state index contributed by atoms with van der Waals surface area (Å²) in [6, 6.07) is 11.1. The second-order valence-electron chi connectivity index (χ2n) is 3.95. The van der Waals surface area contributed by atoms with Crippen molar-refractivity contribution in [1.82, 2.24) is 0 Å². The predicted octanol–water partition coefficient (Wildman–Crippen LogP) is 3.09. The number of phenolic OH excluding ortho intramolecular Hbond substituents is 2. The van der Waals surface area contributed by atoms with Crippen LogP contribution in [0, 0.1) is 0 Å². The summed E-state index contributed by atoms with van der Waals surface area (Å²) in [5.74, 6) is -0.694. The zero-order chi connectivity index (χ0) is 13.8. The number of alkyl halides is 1. The van der Waals surface area contributed by atoms with Crippen LogP contribution in [-0.2, 0) is 5.88 Å². The summed E-state index contributed by atoms with van der Waals surface area (Å²) in [4.78, 5) is 12.0. The normalized spacial score (nSPS) is 10.2. The largest absolute Gasteiger partial charge is 0.504 e. The van der Waals surface area contributed by atoms with E-state index < -0.39 is 0 Å². The van der Waals surface area contributed by atoms with E-state index in [-0.39, 0.29) is 28.8 Å². The second-order valence-corrected chi connectivity index (χ2v) is 4.22. The first-order valence-corrected chi connectivity index (χ1v) is 6.12. The summed E-state index contributed by atoms with van der Waals surface area (Å²) in [5.41, 5.74) is 1.68. The van der Waals surface area contributed by atoms with Gasteiger partial charge in [0.25, 0.3) is 5.91 Å². The molecule has 2 aromatic rings. The van der Waals surface area contributed by atoms with E-state index in [2.05, 4.69) is 5.32 Å². The summed E-state index contributed by atoms with van der Waals surface area (Å²) < 4.78 is 0. The van der Waals surface area contributed by atoms with Crippen molar-refractivity contribution in [2.45, 2.75) is 5.88 Å². The lowest BCUT2D eigenvalue weighted by Gasteiger charge is -2.09. The monoisotopic (exact) mass is 277 g/mol. The van der Waals surface area contributed by atoms with Crippen LogP contribution in [0.5, 0.6) is 11.5 Å². The first-order valence-electron chi connectivity index (χ1n) is 5.59. The molecule has 0 aliphatic rings. The van der Waals surface area contributed by atoms with Gasteiger partial charge in [0, 0.05) is 17.1 Å². The van der Waals surface area contributed by atoms with Crippen molar-refractivity contribution in [2.75, 3.05) is 5.32 Å². The van der Waals surface area contributed by atoms with Crippen LogP contribution >= 0.6 is 11.6 Å². The van der Waals surface area contributed by atoms with Gasteiger partial charge < -0.3 is 15.5 Å². The topological polar surface area (TPSA) is 69.6 Å². The van der Waals surface area contributed by atoms with Crippen molar-refractivity contribution < 1.29 is 15.0 Å². The van der Waals surface area contributed by atoms with Crippen molar-refractivity contribution in [3.63, 3.8) is 0 Å². The Morgan fingerprint density at radius 2 is 1.84 bits per heavy atom. The second kappa shape index (κ2) is 5.63. The smallest absolute Gasteiger partial charge is 0.255 e. The van der Waals surface area contributed by atoms with Crippen LogP contribution in [0.25, 0.3) is 0 Å².